The van der Waals surface area contributed by atoms with Gasteiger partial charge in [-0.3, -0.25) is 4.79 Å². The molecule has 0 saturated carbocycles. The summed E-state index contributed by atoms with van der Waals surface area (Å²) in [6.45, 7) is 3.65. The van der Waals surface area contributed by atoms with Crippen molar-refractivity contribution in [3.63, 3.8) is 0 Å². The Hall–Kier alpha value is -2.11. The highest BCUT2D eigenvalue weighted by atomic mass is 35.5. The SMILES string of the molecule is Cc1cc(N2CCCC2)c(F)cc1/C=N\NC(=O)c1ccc(Cl)c(Cl)c1. The second-order valence-corrected chi connectivity index (χ2v) is 7.00. The van der Waals surface area contributed by atoms with E-state index in [4.69, 9.17) is 23.2 Å². The van der Waals surface area contributed by atoms with Crippen LogP contribution in [0, 0.1) is 12.7 Å². The highest BCUT2D eigenvalue weighted by molar-refractivity contribution is 6.42. The summed E-state index contributed by atoms with van der Waals surface area (Å²) in [5, 5.41) is 4.58. The normalized spacial score (nSPS) is 14.2. The number of anilines is 1. The maximum Gasteiger partial charge on any atom is 0.271 e. The smallest absolute Gasteiger partial charge is 0.271 e. The molecule has 2 aromatic rings. The van der Waals surface area contributed by atoms with Crippen molar-refractivity contribution in [1.29, 1.82) is 0 Å². The first-order valence-corrected chi connectivity index (χ1v) is 9.05. The van der Waals surface area contributed by atoms with E-state index in [0.29, 0.717) is 26.9 Å². The summed E-state index contributed by atoms with van der Waals surface area (Å²) in [7, 11) is 0. The number of hydrogen-bond acceptors (Lipinski definition) is 3. The molecule has 0 aromatic heterocycles. The molecule has 3 rings (SSSR count). The molecule has 1 aliphatic heterocycles. The summed E-state index contributed by atoms with van der Waals surface area (Å²) in [5.41, 5.74) is 4.87. The Balaban J connectivity index is 1.70. The lowest BCUT2D eigenvalue weighted by Gasteiger charge is -2.19. The summed E-state index contributed by atoms with van der Waals surface area (Å²) in [4.78, 5) is 14.1. The van der Waals surface area contributed by atoms with E-state index in [9.17, 15) is 9.18 Å². The van der Waals surface area contributed by atoms with Crippen LogP contribution >= 0.6 is 23.2 Å². The van der Waals surface area contributed by atoms with Gasteiger partial charge in [0.15, 0.2) is 0 Å². The van der Waals surface area contributed by atoms with Crippen molar-refractivity contribution in [3.8, 4) is 0 Å². The number of carbonyl (C=O) groups is 1. The van der Waals surface area contributed by atoms with E-state index >= 15 is 0 Å². The topological polar surface area (TPSA) is 44.7 Å². The van der Waals surface area contributed by atoms with Gasteiger partial charge in [-0.1, -0.05) is 23.2 Å². The third kappa shape index (κ3) is 4.17. The second-order valence-electron chi connectivity index (χ2n) is 6.18. The van der Waals surface area contributed by atoms with Crippen molar-refractivity contribution in [1.82, 2.24) is 5.43 Å². The van der Waals surface area contributed by atoms with Gasteiger partial charge in [-0.15, -0.1) is 0 Å². The van der Waals surface area contributed by atoms with Crippen LogP contribution in [0.1, 0.15) is 34.3 Å². The van der Waals surface area contributed by atoms with Crippen LogP contribution in [0.2, 0.25) is 10.0 Å². The summed E-state index contributed by atoms with van der Waals surface area (Å²) in [6.07, 6.45) is 3.60. The summed E-state index contributed by atoms with van der Waals surface area (Å²) < 4.78 is 14.4. The van der Waals surface area contributed by atoms with Gasteiger partial charge in [0, 0.05) is 24.2 Å². The van der Waals surface area contributed by atoms with Gasteiger partial charge in [-0.25, -0.2) is 9.82 Å². The van der Waals surface area contributed by atoms with E-state index in [1.807, 2.05) is 13.0 Å². The molecule has 1 N–H and O–H groups in total. The Morgan fingerprint density at radius 3 is 2.62 bits per heavy atom. The minimum Gasteiger partial charge on any atom is -0.369 e. The number of nitrogens with zero attached hydrogens (tertiary/aromatic N) is 2. The number of nitrogens with one attached hydrogen (secondary N) is 1. The Labute approximate surface area is 161 Å². The largest absolute Gasteiger partial charge is 0.369 e. The van der Waals surface area contributed by atoms with Gasteiger partial charge < -0.3 is 4.90 Å². The zero-order chi connectivity index (χ0) is 18.7. The predicted octanol–water partition coefficient (Wildman–Crippen LogP) is 4.81. The quantitative estimate of drug-likeness (QED) is 0.598. The zero-order valence-electron chi connectivity index (χ0n) is 14.2. The van der Waals surface area contributed by atoms with Crippen LogP contribution in [-0.2, 0) is 0 Å². The molecular formula is C19H18Cl2FN3O. The van der Waals surface area contributed by atoms with Gasteiger partial charge in [0.05, 0.1) is 21.9 Å². The maximum atomic E-state index is 14.4. The maximum absolute atomic E-state index is 14.4. The van der Waals surface area contributed by atoms with Gasteiger partial charge in [0.1, 0.15) is 5.82 Å². The monoisotopic (exact) mass is 393 g/mol. The molecule has 1 amide bonds. The number of halogens is 3. The molecule has 0 spiro atoms. The van der Waals surface area contributed by atoms with E-state index in [0.717, 1.165) is 31.5 Å². The van der Waals surface area contributed by atoms with Gasteiger partial charge in [0.2, 0.25) is 0 Å². The first kappa shape index (κ1) is 18.7. The fraction of sp³-hybridized carbons (Fsp3) is 0.263. The van der Waals surface area contributed by atoms with Crippen LogP contribution in [0.15, 0.2) is 35.4 Å². The van der Waals surface area contributed by atoms with E-state index in [1.54, 1.807) is 12.1 Å². The van der Waals surface area contributed by atoms with Crippen LogP contribution in [0.5, 0.6) is 0 Å². The van der Waals surface area contributed by atoms with Crippen molar-refractivity contribution < 1.29 is 9.18 Å². The molecule has 26 heavy (non-hydrogen) atoms. The molecule has 0 atom stereocenters. The Morgan fingerprint density at radius 1 is 1.19 bits per heavy atom. The number of rotatable bonds is 4. The molecule has 0 unspecified atom stereocenters. The molecule has 1 fully saturated rings. The number of carbonyl (C=O) groups excluding carboxylic acids is 1. The fourth-order valence-electron chi connectivity index (χ4n) is 2.88. The average Bonchev–Trinajstić information content (AvgIpc) is 3.14. The standard InChI is InChI=1S/C19H18Cl2FN3O/c1-12-8-18(25-6-2-3-7-25)17(22)10-14(12)11-23-24-19(26)13-4-5-15(20)16(21)9-13/h4-5,8-11H,2-3,6-7H2,1H3,(H,24,26)/b23-11-. The van der Waals surface area contributed by atoms with E-state index in [1.165, 1.54) is 18.3 Å². The van der Waals surface area contributed by atoms with E-state index in [2.05, 4.69) is 15.4 Å². The molecule has 1 aliphatic rings. The molecule has 4 nitrogen and oxygen atoms in total. The van der Waals surface area contributed by atoms with E-state index in [-0.39, 0.29) is 5.82 Å². The third-order valence-corrected chi connectivity index (χ3v) is 5.07. The van der Waals surface area contributed by atoms with Crippen LogP contribution < -0.4 is 10.3 Å². The van der Waals surface area contributed by atoms with Crippen molar-refractivity contribution in [3.05, 3.63) is 62.9 Å². The molecule has 7 heteroatoms. The average molecular weight is 394 g/mol. The molecule has 0 radical (unpaired) electrons. The lowest BCUT2D eigenvalue weighted by atomic mass is 10.1. The van der Waals surface area contributed by atoms with Gasteiger partial charge in [-0.05, 0) is 55.7 Å². The van der Waals surface area contributed by atoms with Crippen molar-refractivity contribution in [2.75, 3.05) is 18.0 Å². The number of benzene rings is 2. The molecule has 1 heterocycles. The molecular weight excluding hydrogens is 376 g/mol. The van der Waals surface area contributed by atoms with Crippen LogP contribution in [-0.4, -0.2) is 25.2 Å². The Kier molecular flexibility index (Phi) is 5.79. The second kappa shape index (κ2) is 8.06. The lowest BCUT2D eigenvalue weighted by molar-refractivity contribution is 0.0955. The number of aryl methyl sites for hydroxylation is 1. The van der Waals surface area contributed by atoms with Crippen molar-refractivity contribution in [2.24, 2.45) is 5.10 Å². The number of hydrogen-bond donors (Lipinski definition) is 1. The van der Waals surface area contributed by atoms with Gasteiger partial charge in [-0.2, -0.15) is 5.10 Å². The fourth-order valence-corrected chi connectivity index (χ4v) is 3.18. The van der Waals surface area contributed by atoms with Gasteiger partial charge >= 0.3 is 0 Å². The first-order valence-electron chi connectivity index (χ1n) is 8.29. The summed E-state index contributed by atoms with van der Waals surface area (Å²) in [6, 6.07) is 7.82. The summed E-state index contributed by atoms with van der Waals surface area (Å²) in [5.74, 6) is -0.707. The lowest BCUT2D eigenvalue weighted by Crippen LogP contribution is -2.19. The zero-order valence-corrected chi connectivity index (χ0v) is 15.7. The molecule has 2 aromatic carbocycles. The molecule has 0 bridgehead atoms. The molecule has 136 valence electrons. The van der Waals surface area contributed by atoms with Crippen LogP contribution in [0.4, 0.5) is 10.1 Å². The number of amides is 1. The minimum absolute atomic E-state index is 0.283. The minimum atomic E-state index is -0.424. The first-order chi connectivity index (χ1) is 12.5. The third-order valence-electron chi connectivity index (χ3n) is 4.33. The van der Waals surface area contributed by atoms with Gasteiger partial charge in [0.25, 0.3) is 5.91 Å². The highest BCUT2D eigenvalue weighted by Crippen LogP contribution is 2.26. The van der Waals surface area contributed by atoms with Crippen molar-refractivity contribution >= 4 is 41.0 Å². The predicted molar refractivity (Wildman–Crippen MR) is 104 cm³/mol. The van der Waals surface area contributed by atoms with Crippen molar-refractivity contribution in [2.45, 2.75) is 19.8 Å². The van der Waals surface area contributed by atoms with Crippen LogP contribution in [0.3, 0.4) is 0 Å². The molecule has 1 saturated heterocycles. The number of hydrazone groups is 1. The Morgan fingerprint density at radius 2 is 1.92 bits per heavy atom. The molecule has 0 aliphatic carbocycles. The van der Waals surface area contributed by atoms with Crippen LogP contribution in [0.25, 0.3) is 0 Å². The Bertz CT molecular complexity index is 864. The van der Waals surface area contributed by atoms with E-state index < -0.39 is 5.91 Å². The highest BCUT2D eigenvalue weighted by Gasteiger charge is 2.17. The summed E-state index contributed by atoms with van der Waals surface area (Å²) >= 11 is 11.7.